The van der Waals surface area contributed by atoms with Crippen LogP contribution in [-0.2, 0) is 11.3 Å². The van der Waals surface area contributed by atoms with E-state index in [2.05, 4.69) is 25.0 Å². The first kappa shape index (κ1) is 24.8. The van der Waals surface area contributed by atoms with Gasteiger partial charge in [0.1, 0.15) is 12.4 Å². The van der Waals surface area contributed by atoms with E-state index in [1.54, 1.807) is 6.20 Å². The lowest BCUT2D eigenvalue weighted by Crippen LogP contribution is -2.47. The van der Waals surface area contributed by atoms with Crippen LogP contribution in [0, 0.1) is 12.8 Å². The van der Waals surface area contributed by atoms with Gasteiger partial charge in [0.15, 0.2) is 5.65 Å². The third kappa shape index (κ3) is 5.30. The number of urea groups is 1. The number of aromatic nitrogens is 3. The number of carbonyl (C=O) groups excluding carboxylic acids is 2. The van der Waals surface area contributed by atoms with Crippen molar-refractivity contribution < 1.29 is 23.5 Å². The minimum atomic E-state index is -0.621. The molecule has 3 aromatic rings. The van der Waals surface area contributed by atoms with Crippen LogP contribution in [-0.4, -0.2) is 76.9 Å². The van der Waals surface area contributed by atoms with E-state index in [9.17, 15) is 14.0 Å². The molecule has 37 heavy (non-hydrogen) atoms. The van der Waals surface area contributed by atoms with Crippen molar-refractivity contribution in [1.82, 2.24) is 24.8 Å². The van der Waals surface area contributed by atoms with Crippen LogP contribution in [0.2, 0.25) is 0 Å². The summed E-state index contributed by atoms with van der Waals surface area (Å²) in [5.41, 5.74) is 4.85. The first-order chi connectivity index (χ1) is 17.9. The number of benzene rings is 1. The number of nitrogens with zero attached hydrogens (tertiary/aromatic N) is 4. The Balaban J connectivity index is 1.36. The minimum absolute atomic E-state index is 0.00406. The summed E-state index contributed by atoms with van der Waals surface area (Å²) in [4.78, 5) is 40.3. The Morgan fingerprint density at radius 2 is 2.00 bits per heavy atom. The maximum Gasteiger partial charge on any atom is 0.413 e. The highest BCUT2D eigenvalue weighted by atomic mass is 19.1. The molecule has 2 aliphatic rings. The van der Waals surface area contributed by atoms with Crippen molar-refractivity contribution in [2.45, 2.75) is 32.7 Å². The first-order valence-electron chi connectivity index (χ1n) is 12.5. The van der Waals surface area contributed by atoms with Crippen LogP contribution in [0.3, 0.4) is 0 Å². The second kappa shape index (κ2) is 10.6. The molecule has 0 aliphatic carbocycles. The Hall–Kier alpha value is -3.89. The van der Waals surface area contributed by atoms with Gasteiger partial charge in [-0.3, -0.25) is 9.71 Å². The van der Waals surface area contributed by atoms with E-state index in [1.807, 2.05) is 34.9 Å². The van der Waals surface area contributed by atoms with Crippen LogP contribution in [0.1, 0.15) is 30.4 Å². The molecule has 5 rings (SSSR count). The molecular formula is C26H31FN6O4. The third-order valence-electron chi connectivity index (χ3n) is 7.07. The number of anilines is 1. The molecule has 196 valence electrons. The molecule has 1 saturated heterocycles. The zero-order chi connectivity index (χ0) is 25.9. The Kier molecular flexibility index (Phi) is 7.11. The van der Waals surface area contributed by atoms with Crippen LogP contribution in [0.5, 0.6) is 5.75 Å². The van der Waals surface area contributed by atoms with Gasteiger partial charge in [-0.1, -0.05) is 0 Å². The number of ether oxygens (including phenoxy) is 2. The quantitative estimate of drug-likeness (QED) is 0.535. The zero-order valence-electron chi connectivity index (χ0n) is 21.1. The van der Waals surface area contributed by atoms with Crippen LogP contribution >= 0.6 is 0 Å². The maximum absolute atomic E-state index is 13.3. The molecule has 0 radical (unpaired) electrons. The zero-order valence-corrected chi connectivity index (χ0v) is 21.1. The number of aryl methyl sites for hydroxylation is 1. The molecule has 0 saturated carbocycles. The molecule has 0 atom stereocenters. The van der Waals surface area contributed by atoms with Crippen LogP contribution < -0.4 is 10.1 Å². The number of fused-ring (bicyclic) bond motifs is 2. The molecule has 0 bridgehead atoms. The third-order valence-corrected chi connectivity index (χ3v) is 7.07. The number of piperidine rings is 1. The number of likely N-dealkylation sites (tertiary alicyclic amines) is 1. The van der Waals surface area contributed by atoms with Crippen molar-refractivity contribution in [2.75, 3.05) is 45.3 Å². The van der Waals surface area contributed by atoms with Crippen molar-refractivity contribution >= 4 is 29.2 Å². The van der Waals surface area contributed by atoms with Crippen molar-refractivity contribution in [3.05, 3.63) is 35.5 Å². The standard InChI is InChI=1S/C26H31FN6O4/c1-16-11-18(19-13-21-23(28-14-19)30-24(29-21)31-25(34)36-2)12-20-15-33(9-10-37-22(16)20)26(35)32-7-4-17(3-6-27)5-8-32/h11-14,17H,3-10,15H2,1-2H3,(H2,28,29,30,31,34). The summed E-state index contributed by atoms with van der Waals surface area (Å²) >= 11 is 0. The van der Waals surface area contributed by atoms with E-state index in [0.29, 0.717) is 56.3 Å². The number of imidazole rings is 1. The summed E-state index contributed by atoms with van der Waals surface area (Å²) in [5, 5.41) is 2.51. The lowest BCUT2D eigenvalue weighted by atomic mass is 9.94. The van der Waals surface area contributed by atoms with E-state index < -0.39 is 6.09 Å². The molecule has 0 spiro atoms. The number of rotatable bonds is 4. The summed E-state index contributed by atoms with van der Waals surface area (Å²) in [6.07, 6.45) is 3.38. The molecule has 4 heterocycles. The molecule has 11 heteroatoms. The summed E-state index contributed by atoms with van der Waals surface area (Å²) in [6.45, 7) is 4.40. The molecule has 2 N–H and O–H groups in total. The van der Waals surface area contributed by atoms with Crippen LogP contribution in [0.4, 0.5) is 19.9 Å². The van der Waals surface area contributed by atoms with Gasteiger partial charge in [0.25, 0.3) is 0 Å². The Bertz CT molecular complexity index is 1300. The molecule has 0 unspecified atom stereocenters. The molecule has 10 nitrogen and oxygen atoms in total. The lowest BCUT2D eigenvalue weighted by Gasteiger charge is -2.35. The van der Waals surface area contributed by atoms with Gasteiger partial charge in [-0.15, -0.1) is 0 Å². The molecule has 1 fully saturated rings. The fourth-order valence-electron chi connectivity index (χ4n) is 5.08. The number of halogens is 1. The average molecular weight is 511 g/mol. The van der Waals surface area contributed by atoms with Gasteiger partial charge < -0.3 is 24.3 Å². The number of hydrogen-bond donors (Lipinski definition) is 2. The number of pyridine rings is 1. The molecule has 2 aromatic heterocycles. The summed E-state index contributed by atoms with van der Waals surface area (Å²) in [7, 11) is 1.28. The highest BCUT2D eigenvalue weighted by Gasteiger charge is 2.28. The van der Waals surface area contributed by atoms with Gasteiger partial charge in [0, 0.05) is 30.4 Å². The second-order valence-corrected chi connectivity index (χ2v) is 9.54. The van der Waals surface area contributed by atoms with Crippen molar-refractivity contribution in [3.8, 4) is 16.9 Å². The Morgan fingerprint density at radius 1 is 1.19 bits per heavy atom. The smallest absolute Gasteiger partial charge is 0.413 e. The Morgan fingerprint density at radius 3 is 2.76 bits per heavy atom. The predicted octanol–water partition coefficient (Wildman–Crippen LogP) is 4.50. The predicted molar refractivity (Wildman–Crippen MR) is 136 cm³/mol. The monoisotopic (exact) mass is 510 g/mol. The van der Waals surface area contributed by atoms with Gasteiger partial charge in [-0.25, -0.2) is 14.6 Å². The highest BCUT2D eigenvalue weighted by molar-refractivity contribution is 5.86. The maximum atomic E-state index is 13.3. The normalized spacial score (nSPS) is 16.2. The van der Waals surface area contributed by atoms with E-state index in [1.165, 1.54) is 7.11 Å². The van der Waals surface area contributed by atoms with Crippen molar-refractivity contribution in [1.29, 1.82) is 0 Å². The summed E-state index contributed by atoms with van der Waals surface area (Å²) < 4.78 is 23.4. The largest absolute Gasteiger partial charge is 0.491 e. The number of alkyl halides is 1. The molecular weight excluding hydrogens is 479 g/mol. The number of nitrogens with one attached hydrogen (secondary N) is 2. The fraction of sp³-hybridized carbons (Fsp3) is 0.462. The highest BCUT2D eigenvalue weighted by Crippen LogP contribution is 2.34. The molecule has 3 amide bonds. The number of methoxy groups -OCH3 is 1. The molecule has 2 aliphatic heterocycles. The van der Waals surface area contributed by atoms with Gasteiger partial charge in [0.05, 0.1) is 32.4 Å². The van der Waals surface area contributed by atoms with Gasteiger partial charge in [-0.05, 0) is 61.4 Å². The van der Waals surface area contributed by atoms with Gasteiger partial charge in [0.2, 0.25) is 5.95 Å². The van der Waals surface area contributed by atoms with Crippen molar-refractivity contribution in [2.24, 2.45) is 5.92 Å². The number of hydrogen-bond acceptors (Lipinski definition) is 6. The van der Waals surface area contributed by atoms with Crippen molar-refractivity contribution in [3.63, 3.8) is 0 Å². The average Bonchev–Trinajstić information content (AvgIpc) is 3.17. The molecule has 1 aromatic carbocycles. The van der Waals surface area contributed by atoms with E-state index in [-0.39, 0.29) is 18.7 Å². The minimum Gasteiger partial charge on any atom is -0.491 e. The lowest BCUT2D eigenvalue weighted by molar-refractivity contribution is 0.124. The number of carbonyl (C=O) groups is 2. The van der Waals surface area contributed by atoms with Gasteiger partial charge in [-0.2, -0.15) is 4.98 Å². The number of H-pyrrole nitrogens is 1. The fourth-order valence-corrected chi connectivity index (χ4v) is 5.08. The first-order valence-corrected chi connectivity index (χ1v) is 12.5. The SMILES string of the molecule is COC(=O)Nc1nc2ncc(-c3cc(C)c4c(c3)CN(C(=O)N3CCC(CCF)CC3)CCO4)cc2[nH]1. The second-order valence-electron chi connectivity index (χ2n) is 9.54. The summed E-state index contributed by atoms with van der Waals surface area (Å²) in [5.74, 6) is 1.42. The van der Waals surface area contributed by atoms with Crippen LogP contribution in [0.25, 0.3) is 22.3 Å². The van der Waals surface area contributed by atoms with E-state index in [0.717, 1.165) is 40.8 Å². The van der Waals surface area contributed by atoms with E-state index >= 15 is 0 Å². The Labute approximate surface area is 214 Å². The number of amides is 3. The summed E-state index contributed by atoms with van der Waals surface area (Å²) in [6, 6.07) is 6.00. The van der Waals surface area contributed by atoms with Gasteiger partial charge >= 0.3 is 12.1 Å². The topological polar surface area (TPSA) is 113 Å². The van der Waals surface area contributed by atoms with E-state index in [4.69, 9.17) is 4.74 Å². The number of aromatic amines is 1. The van der Waals surface area contributed by atoms with Crippen LogP contribution in [0.15, 0.2) is 24.4 Å².